The number of hydrogen-bond acceptors (Lipinski definition) is 12. The van der Waals surface area contributed by atoms with Crippen LogP contribution in [0.4, 0.5) is 5.82 Å². The van der Waals surface area contributed by atoms with E-state index < -0.39 is 44.9 Å². The van der Waals surface area contributed by atoms with Gasteiger partial charge in [-0.1, -0.05) is 310 Å². The van der Waals surface area contributed by atoms with Crippen LogP contribution in [-0.4, -0.2) is 71.3 Å². The minimum Gasteiger partial charge on any atom is -0.387 e. The average Bonchev–Trinajstić information content (AvgIpc) is 2.71. The molecule has 2 aromatic heterocycles. The first kappa shape index (κ1) is 75.0. The number of carbonyl (C=O) groups is 2. The van der Waals surface area contributed by atoms with Crippen LogP contribution in [0.25, 0.3) is 11.2 Å². The van der Waals surface area contributed by atoms with E-state index in [-0.39, 0.29) is 23.8 Å². The van der Waals surface area contributed by atoms with Crippen LogP contribution in [0.5, 0.6) is 0 Å². The molecule has 492 valence electrons. The Hall–Kier alpha value is -2.48. The normalized spacial score (nSPS) is 20.1. The number of nitrogens with zero attached hydrogens (tertiary/aromatic N) is 4. The lowest BCUT2D eigenvalue weighted by molar-refractivity contribution is -0.136. The van der Waals surface area contributed by atoms with Gasteiger partial charge in [0.2, 0.25) is 0 Å². The van der Waals surface area contributed by atoms with Gasteiger partial charge in [0.15, 0.2) is 17.7 Å². The van der Waals surface area contributed by atoms with Crippen molar-refractivity contribution in [3.63, 3.8) is 0 Å². The largest absolute Gasteiger partial charge is 0.529 e. The smallest absolute Gasteiger partial charge is 0.387 e. The zero-order chi connectivity index (χ0) is 61.0. The SMILES string of the molecule is CCCCCCCCCCCCCCCCCC(C)C(=O)CCCCCCCCCCCCCCCCC(C)C1CC1CCCCCCCCCCCCCCCCCCC(=O)OP(=O)(O)OC[C@H]1O[C@@H](n2cnc3c(N)ncnc32)[C@H](O)[C@@H]1O. The Kier molecular flexibility index (Phi) is 41.9. The number of Topliss-reactive ketones (excluding diaryl/α,β-unsaturated/α-hetero) is 1. The second kappa shape index (κ2) is 47.5. The summed E-state index contributed by atoms with van der Waals surface area (Å²) >= 11 is 0. The van der Waals surface area contributed by atoms with Gasteiger partial charge in [0.1, 0.15) is 35.9 Å². The van der Waals surface area contributed by atoms with Crippen molar-refractivity contribution in [3.05, 3.63) is 12.7 Å². The molecule has 85 heavy (non-hydrogen) atoms. The van der Waals surface area contributed by atoms with Crippen LogP contribution in [0, 0.1) is 23.7 Å². The van der Waals surface area contributed by atoms with Crippen molar-refractivity contribution in [2.75, 3.05) is 12.3 Å². The van der Waals surface area contributed by atoms with Gasteiger partial charge < -0.3 is 25.2 Å². The molecule has 15 heteroatoms. The molecule has 0 amide bonds. The maximum absolute atomic E-state index is 12.7. The summed E-state index contributed by atoms with van der Waals surface area (Å²) in [6.07, 6.45) is 63.5. The second-order valence-electron chi connectivity index (χ2n) is 26.8. The van der Waals surface area contributed by atoms with Crippen molar-refractivity contribution < 1.29 is 43.0 Å². The monoisotopic (exact) mass is 1210 g/mol. The summed E-state index contributed by atoms with van der Waals surface area (Å²) in [5, 5.41) is 21.1. The molecule has 3 heterocycles. The number of ketones is 1. The van der Waals surface area contributed by atoms with Crippen molar-refractivity contribution >= 4 is 36.6 Å². The zero-order valence-electron chi connectivity index (χ0n) is 54.6. The van der Waals surface area contributed by atoms with E-state index in [0.29, 0.717) is 17.7 Å². The Morgan fingerprint density at radius 3 is 1.49 bits per heavy atom. The fraction of sp³-hybridized carbons (Fsp3) is 0.900. The molecular weight excluding hydrogens is 1090 g/mol. The summed E-state index contributed by atoms with van der Waals surface area (Å²) in [5.41, 5.74) is 6.41. The summed E-state index contributed by atoms with van der Waals surface area (Å²) in [6.45, 7) is 6.41. The number of nitrogens with two attached hydrogens (primary N) is 1. The van der Waals surface area contributed by atoms with E-state index in [0.717, 1.165) is 56.3 Å². The Morgan fingerprint density at radius 2 is 1.01 bits per heavy atom. The van der Waals surface area contributed by atoms with Gasteiger partial charge in [-0.15, -0.1) is 0 Å². The first-order valence-electron chi connectivity index (χ1n) is 36.1. The molecule has 1 saturated heterocycles. The van der Waals surface area contributed by atoms with Crippen LogP contribution < -0.4 is 5.73 Å². The number of rotatable bonds is 59. The molecule has 1 saturated carbocycles. The topological polar surface area (TPSA) is 209 Å². The lowest BCUT2D eigenvalue weighted by Gasteiger charge is -2.17. The van der Waals surface area contributed by atoms with Crippen LogP contribution in [0.2, 0.25) is 0 Å². The number of aliphatic hydroxyl groups excluding tert-OH is 2. The molecule has 1 aliphatic heterocycles. The van der Waals surface area contributed by atoms with E-state index in [1.54, 1.807) is 0 Å². The van der Waals surface area contributed by atoms with Crippen LogP contribution in [0.15, 0.2) is 12.7 Å². The molecule has 14 nitrogen and oxygen atoms in total. The van der Waals surface area contributed by atoms with Crippen molar-refractivity contribution in [1.82, 2.24) is 19.5 Å². The number of anilines is 1. The highest BCUT2D eigenvalue weighted by atomic mass is 31.2. The van der Waals surface area contributed by atoms with Crippen molar-refractivity contribution in [2.45, 2.75) is 373 Å². The summed E-state index contributed by atoms with van der Waals surface area (Å²) in [5.74, 6) is 3.08. The lowest BCUT2D eigenvalue weighted by atomic mass is 9.94. The molecule has 0 bridgehead atoms. The zero-order valence-corrected chi connectivity index (χ0v) is 55.5. The predicted octanol–water partition coefficient (Wildman–Crippen LogP) is 19.7. The van der Waals surface area contributed by atoms with Crippen molar-refractivity contribution in [1.29, 1.82) is 0 Å². The fourth-order valence-corrected chi connectivity index (χ4v) is 14.0. The van der Waals surface area contributed by atoms with Gasteiger partial charge >= 0.3 is 13.8 Å². The molecule has 0 aromatic carbocycles. The second-order valence-corrected chi connectivity index (χ2v) is 28.2. The van der Waals surface area contributed by atoms with Gasteiger partial charge in [-0.2, -0.15) is 0 Å². The minimum atomic E-state index is -4.77. The summed E-state index contributed by atoms with van der Waals surface area (Å²) in [4.78, 5) is 47.2. The summed E-state index contributed by atoms with van der Waals surface area (Å²) in [7, 11) is -4.77. The molecule has 9 atom stereocenters. The highest BCUT2D eigenvalue weighted by Gasteiger charge is 2.46. The number of nitrogen functional groups attached to an aromatic ring is 1. The van der Waals surface area contributed by atoms with E-state index in [1.807, 2.05) is 0 Å². The van der Waals surface area contributed by atoms with Gasteiger partial charge in [-0.05, 0) is 43.4 Å². The molecule has 5 N–H and O–H groups in total. The number of carbonyl (C=O) groups excluding carboxylic acids is 2. The van der Waals surface area contributed by atoms with Crippen molar-refractivity contribution in [2.24, 2.45) is 23.7 Å². The molecular formula is C70H128N5O9P. The first-order chi connectivity index (χ1) is 41.4. The van der Waals surface area contributed by atoms with Crippen LogP contribution in [0.1, 0.15) is 354 Å². The summed E-state index contributed by atoms with van der Waals surface area (Å²) in [6, 6.07) is 0. The quantitative estimate of drug-likeness (QED) is 0.0359. The van der Waals surface area contributed by atoms with Gasteiger partial charge in [0, 0.05) is 18.8 Å². The van der Waals surface area contributed by atoms with E-state index in [9.17, 15) is 29.3 Å². The van der Waals surface area contributed by atoms with Gasteiger partial charge in [-0.25, -0.2) is 19.5 Å². The van der Waals surface area contributed by atoms with Gasteiger partial charge in [0.05, 0.1) is 12.9 Å². The maximum atomic E-state index is 12.7. The minimum absolute atomic E-state index is 0.00599. The lowest BCUT2D eigenvalue weighted by Crippen LogP contribution is -2.33. The summed E-state index contributed by atoms with van der Waals surface area (Å²) < 4.78 is 29.3. The number of hydrogen-bond donors (Lipinski definition) is 4. The first-order valence-corrected chi connectivity index (χ1v) is 37.6. The fourth-order valence-electron chi connectivity index (χ4n) is 13.3. The molecule has 0 spiro atoms. The average molecular weight is 1210 g/mol. The van der Waals surface area contributed by atoms with E-state index in [1.165, 1.54) is 293 Å². The number of fused-ring (bicyclic) bond motifs is 1. The standard InChI is InChI=1S/C70H128N5O9P/c1-4-5-6-7-8-9-10-11-14-20-25-30-35-40-45-50-59(3)62(76)52-47-42-37-32-27-22-18-17-19-24-29-34-39-44-49-58(2)61-54-60(61)51-46-41-36-31-26-21-15-12-13-16-23-28-33-38-43-48-53-64(77)84-85(80,81)82-55-63-66(78)67(79)70(83-63)75-57-74-65-68(71)72-56-73-69(65)75/h56-61,63,66-67,70,78-79H,4-55H2,1-3H3,(H,80,81)(H2,71,72,73)/t58?,59?,60?,61?,63-,66-,67-,70-/m1/s1. The predicted molar refractivity (Wildman–Crippen MR) is 349 cm³/mol. The molecule has 0 radical (unpaired) electrons. The maximum Gasteiger partial charge on any atom is 0.529 e. The Bertz CT molecular complexity index is 2030. The van der Waals surface area contributed by atoms with E-state index >= 15 is 0 Å². The highest BCUT2D eigenvalue weighted by Crippen LogP contribution is 2.49. The van der Waals surface area contributed by atoms with Gasteiger partial charge in [-0.3, -0.25) is 23.6 Å². The van der Waals surface area contributed by atoms with E-state index in [2.05, 4.69) is 35.7 Å². The van der Waals surface area contributed by atoms with Crippen LogP contribution >= 0.6 is 7.82 Å². The van der Waals surface area contributed by atoms with Crippen LogP contribution in [-0.2, 0) is 27.9 Å². The number of ether oxygens (including phenoxy) is 1. The number of imidazole rings is 1. The Labute approximate surface area is 518 Å². The Morgan fingerprint density at radius 1 is 0.588 bits per heavy atom. The molecule has 4 rings (SSSR count). The molecule has 2 aromatic rings. The van der Waals surface area contributed by atoms with E-state index in [4.69, 9.17) is 19.5 Å². The molecule has 5 unspecified atom stereocenters. The van der Waals surface area contributed by atoms with Gasteiger partial charge in [0.25, 0.3) is 0 Å². The number of aromatic nitrogens is 4. The highest BCUT2D eigenvalue weighted by molar-refractivity contribution is 7.48. The number of phosphoric ester groups is 1. The molecule has 2 aliphatic rings. The third-order valence-corrected chi connectivity index (χ3v) is 20.1. The number of aliphatic hydroxyl groups is 2. The third-order valence-electron chi connectivity index (χ3n) is 19.2. The van der Waals surface area contributed by atoms with Crippen LogP contribution in [0.3, 0.4) is 0 Å². The number of phosphoric acid groups is 1. The van der Waals surface area contributed by atoms with Crippen molar-refractivity contribution in [3.8, 4) is 0 Å². The number of unbranched alkanes of at least 4 members (excludes halogenated alkanes) is 42. The molecule has 2 fully saturated rings. The third kappa shape index (κ3) is 34.3. The molecule has 1 aliphatic carbocycles. The Balaban J connectivity index is 0.792.